The highest BCUT2D eigenvalue weighted by Gasteiger charge is 2.36. The van der Waals surface area contributed by atoms with Crippen LogP contribution in [0.25, 0.3) is 16.1 Å². The maximum atomic E-state index is 13.4. The molecule has 1 aromatic heterocycles. The van der Waals surface area contributed by atoms with E-state index in [4.69, 9.17) is 6.57 Å². The Balaban J connectivity index is 2.30. The van der Waals surface area contributed by atoms with Gasteiger partial charge >= 0.3 is 6.18 Å². The molecule has 28 heavy (non-hydrogen) atoms. The monoisotopic (exact) mass is 381 g/mol. The molecule has 3 aromatic rings. The van der Waals surface area contributed by atoms with Crippen LogP contribution in [0.2, 0.25) is 0 Å². The Hall–Kier alpha value is -3.66. The minimum absolute atomic E-state index is 0.0461. The van der Waals surface area contributed by atoms with E-state index in [9.17, 15) is 18.0 Å². The minimum Gasteiger partial charge on any atom is -0.281 e. The lowest BCUT2D eigenvalue weighted by Crippen LogP contribution is -2.22. The molecule has 0 atom stereocenters. The average Bonchev–Trinajstić information content (AvgIpc) is 2.67. The molecule has 4 nitrogen and oxygen atoms in total. The number of hydrogen-bond donors (Lipinski definition) is 0. The Kier molecular flexibility index (Phi) is 5.14. The summed E-state index contributed by atoms with van der Waals surface area (Å²) in [5, 5.41) is 4.11. The predicted octanol–water partition coefficient (Wildman–Crippen LogP) is 5.28. The van der Waals surface area contributed by atoms with E-state index in [-0.39, 0.29) is 5.69 Å². The number of alkyl halides is 3. The molecule has 0 saturated carbocycles. The Bertz CT molecular complexity index is 1140. The molecule has 0 aliphatic heterocycles. The summed E-state index contributed by atoms with van der Waals surface area (Å²) in [7, 11) is 0. The van der Waals surface area contributed by atoms with Crippen molar-refractivity contribution in [3.05, 3.63) is 99.1 Å². The highest BCUT2D eigenvalue weighted by Crippen LogP contribution is 2.37. The number of aromatic nitrogens is 1. The van der Waals surface area contributed by atoms with Crippen LogP contribution in [0, 0.1) is 13.5 Å². The summed E-state index contributed by atoms with van der Waals surface area (Å²) < 4.78 is 41.1. The second-order valence-electron chi connectivity index (χ2n) is 5.99. The third kappa shape index (κ3) is 3.71. The lowest BCUT2D eigenvalue weighted by atomic mass is 10.1. The third-order valence-corrected chi connectivity index (χ3v) is 4.15. The zero-order valence-corrected chi connectivity index (χ0v) is 14.7. The number of pyridine rings is 1. The highest BCUT2D eigenvalue weighted by atomic mass is 19.4. The van der Waals surface area contributed by atoms with Crippen molar-refractivity contribution < 1.29 is 13.2 Å². The van der Waals surface area contributed by atoms with Gasteiger partial charge in [0.2, 0.25) is 0 Å². The molecule has 0 saturated heterocycles. The van der Waals surface area contributed by atoms with E-state index in [0.29, 0.717) is 11.1 Å². The second-order valence-corrected chi connectivity index (χ2v) is 5.99. The van der Waals surface area contributed by atoms with Crippen molar-refractivity contribution in [2.45, 2.75) is 13.1 Å². The van der Waals surface area contributed by atoms with Gasteiger partial charge in [-0.1, -0.05) is 54.6 Å². The average molecular weight is 381 g/mol. The molecule has 0 unspecified atom stereocenters. The van der Waals surface area contributed by atoms with Gasteiger partial charge in [-0.3, -0.25) is 4.79 Å². The van der Waals surface area contributed by atoms with Gasteiger partial charge in [0.1, 0.15) is 0 Å². The smallest absolute Gasteiger partial charge is 0.281 e. The Morgan fingerprint density at radius 2 is 1.71 bits per heavy atom. The number of halogens is 3. The van der Waals surface area contributed by atoms with Crippen LogP contribution in [0.4, 0.5) is 18.9 Å². The largest absolute Gasteiger partial charge is 0.407 e. The van der Waals surface area contributed by atoms with E-state index >= 15 is 0 Å². The van der Waals surface area contributed by atoms with Crippen molar-refractivity contribution in [3.8, 4) is 11.3 Å². The maximum absolute atomic E-state index is 13.4. The quantitative estimate of drug-likeness (QED) is 0.450. The Labute approximate surface area is 159 Å². The van der Waals surface area contributed by atoms with Crippen molar-refractivity contribution in [3.63, 3.8) is 0 Å². The first kappa shape index (κ1) is 19.1. The molecule has 0 radical (unpaired) electrons. The Morgan fingerprint density at radius 3 is 2.32 bits per heavy atom. The number of hydrogen-bond acceptors (Lipinski definition) is 2. The summed E-state index contributed by atoms with van der Waals surface area (Å²) in [6.07, 6.45) is -3.44. The van der Waals surface area contributed by atoms with E-state index in [1.54, 1.807) is 42.5 Å². The first-order valence-electron chi connectivity index (χ1n) is 8.23. The van der Waals surface area contributed by atoms with Crippen molar-refractivity contribution in [1.82, 2.24) is 4.68 Å². The topological polar surface area (TPSA) is 38.7 Å². The fraction of sp³-hybridized carbons (Fsp3) is 0.0952. The molecule has 1 heterocycles. The molecule has 0 aliphatic carbocycles. The SMILES string of the molecule is [C-]#[N+]c1c(C(F)(F)F)cc(-c2ccccc2)n(/N=C/c2ccccc2C)c1=O. The van der Waals surface area contributed by atoms with Crippen molar-refractivity contribution in [2.24, 2.45) is 5.10 Å². The summed E-state index contributed by atoms with van der Waals surface area (Å²) >= 11 is 0. The van der Waals surface area contributed by atoms with Gasteiger partial charge in [0.05, 0.1) is 24.0 Å². The first-order valence-corrected chi connectivity index (χ1v) is 8.23. The van der Waals surface area contributed by atoms with Gasteiger partial charge in [-0.15, -0.1) is 0 Å². The molecule has 140 valence electrons. The van der Waals surface area contributed by atoms with E-state index in [2.05, 4.69) is 9.95 Å². The zero-order valence-electron chi connectivity index (χ0n) is 14.7. The zero-order chi connectivity index (χ0) is 20.3. The van der Waals surface area contributed by atoms with Crippen LogP contribution in [0.15, 0.2) is 70.6 Å². The van der Waals surface area contributed by atoms with E-state index < -0.39 is 23.0 Å². The van der Waals surface area contributed by atoms with E-state index in [0.717, 1.165) is 16.3 Å². The van der Waals surface area contributed by atoms with Gasteiger partial charge in [0, 0.05) is 5.56 Å². The van der Waals surface area contributed by atoms with Gasteiger partial charge in [-0.05, 0) is 24.1 Å². The molecule has 0 fully saturated rings. The fourth-order valence-electron chi connectivity index (χ4n) is 2.70. The molecular weight excluding hydrogens is 367 g/mol. The lowest BCUT2D eigenvalue weighted by molar-refractivity contribution is -0.136. The molecule has 0 spiro atoms. The normalized spacial score (nSPS) is 11.5. The van der Waals surface area contributed by atoms with Crippen molar-refractivity contribution in [1.29, 1.82) is 0 Å². The molecule has 0 aliphatic rings. The summed E-state index contributed by atoms with van der Waals surface area (Å²) in [6, 6.07) is 16.2. The number of benzene rings is 2. The number of nitrogens with zero attached hydrogens (tertiary/aromatic N) is 3. The van der Waals surface area contributed by atoms with Crippen LogP contribution in [-0.2, 0) is 6.18 Å². The van der Waals surface area contributed by atoms with Gasteiger partial charge in [-0.2, -0.15) is 18.3 Å². The van der Waals surface area contributed by atoms with E-state index in [1.807, 2.05) is 19.1 Å². The summed E-state index contributed by atoms with van der Waals surface area (Å²) in [4.78, 5) is 15.5. The fourth-order valence-corrected chi connectivity index (χ4v) is 2.70. The van der Waals surface area contributed by atoms with Gasteiger partial charge in [0.25, 0.3) is 11.2 Å². The molecule has 0 amide bonds. The van der Waals surface area contributed by atoms with Crippen LogP contribution in [0.1, 0.15) is 16.7 Å². The standard InChI is InChI=1S/C21H14F3N3O/c1-14-8-6-7-11-16(14)13-26-27-18(15-9-4-3-5-10-15)12-17(21(22,23)24)19(25-2)20(27)28/h3-13H,1H3/b26-13+. The third-order valence-electron chi connectivity index (χ3n) is 4.15. The van der Waals surface area contributed by atoms with Crippen molar-refractivity contribution >= 4 is 11.9 Å². The molecule has 0 bridgehead atoms. The predicted molar refractivity (Wildman–Crippen MR) is 102 cm³/mol. The second kappa shape index (κ2) is 7.53. The molecule has 2 aromatic carbocycles. The van der Waals surface area contributed by atoms with Crippen LogP contribution < -0.4 is 5.56 Å². The van der Waals surface area contributed by atoms with Gasteiger partial charge < -0.3 is 0 Å². The summed E-state index contributed by atoms with van der Waals surface area (Å²) in [5.41, 5.74) is -1.47. The van der Waals surface area contributed by atoms with Crippen molar-refractivity contribution in [2.75, 3.05) is 0 Å². The summed E-state index contributed by atoms with van der Waals surface area (Å²) in [5.74, 6) is 0. The molecule has 3 rings (SSSR count). The minimum atomic E-state index is -4.83. The number of rotatable bonds is 3. The van der Waals surface area contributed by atoms with E-state index in [1.165, 1.54) is 6.21 Å². The van der Waals surface area contributed by atoms with Crippen LogP contribution in [0.5, 0.6) is 0 Å². The molecule has 0 N–H and O–H groups in total. The van der Waals surface area contributed by atoms with Gasteiger partial charge in [0.15, 0.2) is 0 Å². The maximum Gasteiger partial charge on any atom is 0.407 e. The Morgan fingerprint density at radius 1 is 1.07 bits per heavy atom. The van der Waals surface area contributed by atoms with Crippen LogP contribution >= 0.6 is 0 Å². The van der Waals surface area contributed by atoms with Gasteiger partial charge in [-0.25, -0.2) is 9.52 Å². The first-order chi connectivity index (χ1) is 13.3. The molecule has 7 heteroatoms. The van der Waals surface area contributed by atoms with Crippen LogP contribution in [0.3, 0.4) is 0 Å². The summed E-state index contributed by atoms with van der Waals surface area (Å²) in [6.45, 7) is 8.91. The number of aryl methyl sites for hydroxylation is 1. The van der Waals surface area contributed by atoms with Crippen LogP contribution in [-0.4, -0.2) is 10.9 Å². The highest BCUT2D eigenvalue weighted by molar-refractivity contribution is 5.81. The molecular formula is C21H14F3N3O. The lowest BCUT2D eigenvalue weighted by Gasteiger charge is -2.14.